The van der Waals surface area contributed by atoms with Gasteiger partial charge in [0.2, 0.25) is 0 Å². The molecular weight excluding hydrogens is 286 g/mol. The maximum absolute atomic E-state index is 11.0. The minimum absolute atomic E-state index is 0.240. The van der Waals surface area contributed by atoms with Gasteiger partial charge in [-0.3, -0.25) is 4.21 Å². The lowest BCUT2D eigenvalue weighted by Gasteiger charge is -2.18. The van der Waals surface area contributed by atoms with Crippen LogP contribution in [0.5, 0.6) is 5.75 Å². The van der Waals surface area contributed by atoms with E-state index in [4.69, 9.17) is 4.74 Å². The number of ether oxygens (including phenoxy) is 1. The Morgan fingerprint density at radius 3 is 2.52 bits per heavy atom. The van der Waals surface area contributed by atoms with E-state index in [1.54, 1.807) is 6.26 Å². The summed E-state index contributed by atoms with van der Waals surface area (Å²) in [5.74, 6) is 1.54. The molecule has 120 valence electrons. The molecule has 3 unspecified atom stereocenters. The van der Waals surface area contributed by atoms with Crippen molar-refractivity contribution < 1.29 is 14.1 Å². The smallest absolute Gasteiger partial charge is 0.125 e. The van der Waals surface area contributed by atoms with Gasteiger partial charge in [0.1, 0.15) is 18.5 Å². The van der Waals surface area contributed by atoms with E-state index in [9.17, 15) is 9.32 Å². The van der Waals surface area contributed by atoms with Gasteiger partial charge in [0.15, 0.2) is 0 Å². The Balaban J connectivity index is 2.31. The highest BCUT2D eigenvalue weighted by molar-refractivity contribution is 7.84. The Hall–Kier alpha value is -0.910. The summed E-state index contributed by atoms with van der Waals surface area (Å²) in [6.07, 6.45) is 1.99. The van der Waals surface area contributed by atoms with Gasteiger partial charge in [-0.15, -0.1) is 0 Å². The number of para-hydroxylation sites is 1. The van der Waals surface area contributed by atoms with Gasteiger partial charge in [-0.25, -0.2) is 0 Å². The number of benzene rings is 1. The van der Waals surface area contributed by atoms with Gasteiger partial charge < -0.3 is 15.2 Å². The maximum Gasteiger partial charge on any atom is 0.125 e. The normalized spacial score (nSPS) is 15.5. The molecule has 0 aliphatic rings. The van der Waals surface area contributed by atoms with Crippen molar-refractivity contribution in [2.24, 2.45) is 0 Å². The summed E-state index contributed by atoms with van der Waals surface area (Å²) >= 11 is 0. The zero-order valence-corrected chi connectivity index (χ0v) is 14.2. The number of nitrogens with one attached hydrogen (secondary N) is 1. The van der Waals surface area contributed by atoms with Crippen LogP contribution in [0.15, 0.2) is 18.2 Å². The van der Waals surface area contributed by atoms with Crippen molar-refractivity contribution in [3.63, 3.8) is 0 Å². The van der Waals surface area contributed by atoms with Crippen LogP contribution in [0.25, 0.3) is 0 Å². The molecule has 0 radical (unpaired) electrons. The molecule has 0 aromatic heterocycles. The topological polar surface area (TPSA) is 58.6 Å². The molecule has 0 heterocycles. The lowest BCUT2D eigenvalue weighted by molar-refractivity contribution is 0.103. The van der Waals surface area contributed by atoms with Crippen LogP contribution in [0.2, 0.25) is 0 Å². The number of rotatable bonds is 9. The molecule has 0 spiro atoms. The van der Waals surface area contributed by atoms with Gasteiger partial charge in [-0.2, -0.15) is 0 Å². The molecule has 5 heteroatoms. The third-order valence-corrected chi connectivity index (χ3v) is 4.18. The van der Waals surface area contributed by atoms with Gasteiger partial charge in [0, 0.05) is 35.4 Å². The summed E-state index contributed by atoms with van der Waals surface area (Å²) in [7, 11) is -0.761. The first-order chi connectivity index (χ1) is 9.90. The maximum atomic E-state index is 11.0. The average molecular weight is 313 g/mol. The van der Waals surface area contributed by atoms with Crippen LogP contribution in [-0.4, -0.2) is 46.6 Å². The molecule has 0 amide bonds. The number of aliphatic hydroxyl groups excluding tert-OH is 1. The summed E-state index contributed by atoms with van der Waals surface area (Å²) in [6.45, 7) is 6.78. The standard InChI is InChI=1S/C16H27NO3S/c1-12-6-5-7-13(2)16(12)20-11-15(18)10-17-14(3)8-9-21(4)19/h5-7,14-15,17-18H,8-11H2,1-4H3. The highest BCUT2D eigenvalue weighted by Crippen LogP contribution is 2.22. The van der Waals surface area contributed by atoms with Crippen LogP contribution in [0.1, 0.15) is 24.5 Å². The lowest BCUT2D eigenvalue weighted by atomic mass is 10.1. The molecule has 3 atom stereocenters. The Labute approximate surface area is 130 Å². The van der Waals surface area contributed by atoms with Gasteiger partial charge in [0.05, 0.1) is 0 Å². The predicted molar refractivity (Wildman–Crippen MR) is 88.4 cm³/mol. The first-order valence-electron chi connectivity index (χ1n) is 7.30. The average Bonchev–Trinajstić information content (AvgIpc) is 2.42. The van der Waals surface area contributed by atoms with Crippen LogP contribution in [-0.2, 0) is 10.8 Å². The van der Waals surface area contributed by atoms with Crippen molar-refractivity contribution in [3.05, 3.63) is 29.3 Å². The molecule has 21 heavy (non-hydrogen) atoms. The second-order valence-electron chi connectivity index (χ2n) is 5.56. The Morgan fingerprint density at radius 1 is 1.33 bits per heavy atom. The minimum Gasteiger partial charge on any atom is -0.490 e. The van der Waals surface area contributed by atoms with Crippen LogP contribution >= 0.6 is 0 Å². The summed E-state index contributed by atoms with van der Waals surface area (Å²) in [5.41, 5.74) is 2.16. The molecule has 4 nitrogen and oxygen atoms in total. The van der Waals surface area contributed by atoms with Crippen LogP contribution < -0.4 is 10.1 Å². The quantitative estimate of drug-likeness (QED) is 0.730. The fourth-order valence-corrected chi connectivity index (χ4v) is 2.73. The summed E-state index contributed by atoms with van der Waals surface area (Å²) in [5, 5.41) is 13.2. The summed E-state index contributed by atoms with van der Waals surface area (Å²) < 4.78 is 16.7. The fraction of sp³-hybridized carbons (Fsp3) is 0.625. The second kappa shape index (κ2) is 9.18. The molecular formula is C16H27NO3S. The molecule has 0 aliphatic heterocycles. The van der Waals surface area contributed by atoms with Gasteiger partial charge in [0.25, 0.3) is 0 Å². The van der Waals surface area contributed by atoms with Crippen LogP contribution in [0.3, 0.4) is 0 Å². The summed E-state index contributed by atoms with van der Waals surface area (Å²) in [6, 6.07) is 6.23. The van der Waals surface area contributed by atoms with Crippen LogP contribution in [0, 0.1) is 13.8 Å². The van der Waals surface area contributed by atoms with Crippen LogP contribution in [0.4, 0.5) is 0 Å². The van der Waals surface area contributed by atoms with E-state index >= 15 is 0 Å². The SMILES string of the molecule is Cc1cccc(C)c1OCC(O)CNC(C)CCS(C)=O. The molecule has 1 rings (SSSR count). The Bertz CT molecular complexity index is 445. The molecule has 0 bridgehead atoms. The molecule has 0 fully saturated rings. The lowest BCUT2D eigenvalue weighted by Crippen LogP contribution is -2.37. The number of hydrogen-bond acceptors (Lipinski definition) is 4. The van der Waals surface area contributed by atoms with Gasteiger partial charge >= 0.3 is 0 Å². The highest BCUT2D eigenvalue weighted by atomic mass is 32.2. The van der Waals surface area contributed by atoms with Crippen molar-refractivity contribution in [3.8, 4) is 5.75 Å². The Kier molecular flexibility index (Phi) is 7.93. The number of aryl methyl sites for hydroxylation is 2. The fourth-order valence-electron chi connectivity index (χ4n) is 2.05. The summed E-state index contributed by atoms with van der Waals surface area (Å²) in [4.78, 5) is 0. The Morgan fingerprint density at radius 2 is 1.95 bits per heavy atom. The zero-order valence-electron chi connectivity index (χ0n) is 13.4. The van der Waals surface area contributed by atoms with Crippen molar-refractivity contribution >= 4 is 10.8 Å². The zero-order chi connectivity index (χ0) is 15.8. The van der Waals surface area contributed by atoms with E-state index in [2.05, 4.69) is 5.32 Å². The number of hydrogen-bond donors (Lipinski definition) is 2. The molecule has 0 saturated heterocycles. The molecule has 1 aromatic carbocycles. The van der Waals surface area contributed by atoms with Gasteiger partial charge in [-0.1, -0.05) is 18.2 Å². The van der Waals surface area contributed by atoms with Crippen molar-refractivity contribution in [2.45, 2.75) is 39.3 Å². The molecule has 0 aliphatic carbocycles. The highest BCUT2D eigenvalue weighted by Gasteiger charge is 2.10. The van der Waals surface area contributed by atoms with E-state index < -0.39 is 16.9 Å². The first kappa shape index (κ1) is 18.1. The van der Waals surface area contributed by atoms with E-state index in [0.29, 0.717) is 12.3 Å². The van der Waals surface area contributed by atoms with Crippen molar-refractivity contribution in [2.75, 3.05) is 25.2 Å². The molecule has 0 saturated carbocycles. The largest absolute Gasteiger partial charge is 0.490 e. The van der Waals surface area contributed by atoms with Crippen molar-refractivity contribution in [1.29, 1.82) is 0 Å². The first-order valence-corrected chi connectivity index (χ1v) is 9.03. The predicted octanol–water partition coefficient (Wildman–Crippen LogP) is 1.79. The monoisotopic (exact) mass is 313 g/mol. The second-order valence-corrected chi connectivity index (χ2v) is 7.12. The van der Waals surface area contributed by atoms with Gasteiger partial charge in [-0.05, 0) is 38.3 Å². The van der Waals surface area contributed by atoms with E-state index in [-0.39, 0.29) is 12.6 Å². The van der Waals surface area contributed by atoms with E-state index in [0.717, 1.165) is 23.3 Å². The van der Waals surface area contributed by atoms with Crippen molar-refractivity contribution in [1.82, 2.24) is 5.32 Å². The van der Waals surface area contributed by atoms with E-state index in [1.165, 1.54) is 0 Å². The minimum atomic E-state index is -0.761. The molecule has 1 aromatic rings. The number of aliphatic hydroxyl groups is 1. The van der Waals surface area contributed by atoms with E-state index in [1.807, 2.05) is 39.0 Å². The third kappa shape index (κ3) is 7.07. The third-order valence-electron chi connectivity index (χ3n) is 3.37. The molecule has 2 N–H and O–H groups in total.